The van der Waals surface area contributed by atoms with Crippen molar-refractivity contribution in [3.05, 3.63) is 35.4 Å². The van der Waals surface area contributed by atoms with Gasteiger partial charge < -0.3 is 5.32 Å². The molecule has 0 saturated heterocycles. The molecule has 0 aliphatic heterocycles. The van der Waals surface area contributed by atoms with Crippen LogP contribution in [-0.4, -0.2) is 24.6 Å². The Hall–Kier alpha value is -0.610. The van der Waals surface area contributed by atoms with E-state index in [0.29, 0.717) is 12.0 Å². The van der Waals surface area contributed by atoms with E-state index < -0.39 is 11.6 Å². The van der Waals surface area contributed by atoms with Crippen molar-refractivity contribution < 1.29 is 8.78 Å². The maximum Gasteiger partial charge on any atom is 0.126 e. The molecule has 1 unspecified atom stereocenters. The molecule has 0 fully saturated rings. The third-order valence-corrected chi connectivity index (χ3v) is 3.19. The van der Waals surface area contributed by atoms with Crippen LogP contribution in [0.2, 0.25) is 0 Å². The normalized spacial score (nSPS) is 12.7. The Bertz CT molecular complexity index is 324. The highest BCUT2D eigenvalue weighted by Crippen LogP contribution is 2.12. The van der Waals surface area contributed by atoms with Crippen LogP contribution in [0.1, 0.15) is 18.9 Å². The highest BCUT2D eigenvalue weighted by Gasteiger charge is 2.09. The maximum absolute atomic E-state index is 13.1. The van der Waals surface area contributed by atoms with Gasteiger partial charge in [0.05, 0.1) is 0 Å². The highest BCUT2D eigenvalue weighted by atomic mass is 32.2. The summed E-state index contributed by atoms with van der Waals surface area (Å²) < 4.78 is 26.1. The van der Waals surface area contributed by atoms with E-state index >= 15 is 0 Å². The second-order valence-corrected chi connectivity index (χ2v) is 5.00. The number of thioether (sulfide) groups is 1. The van der Waals surface area contributed by atoms with Crippen molar-refractivity contribution in [2.24, 2.45) is 0 Å². The van der Waals surface area contributed by atoms with Crippen molar-refractivity contribution in [2.75, 3.05) is 18.6 Å². The number of benzene rings is 1. The topological polar surface area (TPSA) is 12.0 Å². The van der Waals surface area contributed by atoms with Crippen LogP contribution in [0.25, 0.3) is 0 Å². The van der Waals surface area contributed by atoms with Crippen molar-refractivity contribution in [3.8, 4) is 0 Å². The van der Waals surface area contributed by atoms with E-state index in [1.807, 2.05) is 6.26 Å². The fourth-order valence-corrected chi connectivity index (χ4v) is 2.39. The van der Waals surface area contributed by atoms with Crippen LogP contribution in [-0.2, 0) is 6.42 Å². The smallest absolute Gasteiger partial charge is 0.126 e. The van der Waals surface area contributed by atoms with Crippen LogP contribution >= 0.6 is 11.8 Å². The van der Waals surface area contributed by atoms with Gasteiger partial charge in [0, 0.05) is 17.9 Å². The Morgan fingerprint density at radius 1 is 1.24 bits per heavy atom. The summed E-state index contributed by atoms with van der Waals surface area (Å²) >= 11 is 1.74. The lowest BCUT2D eigenvalue weighted by molar-refractivity contribution is 0.540. The van der Waals surface area contributed by atoms with E-state index in [2.05, 4.69) is 12.2 Å². The quantitative estimate of drug-likeness (QED) is 0.807. The molecule has 1 N–H and O–H groups in total. The van der Waals surface area contributed by atoms with Gasteiger partial charge in [0.15, 0.2) is 0 Å². The zero-order valence-electron chi connectivity index (χ0n) is 10.3. The van der Waals surface area contributed by atoms with Crippen LogP contribution in [0.4, 0.5) is 8.78 Å². The van der Waals surface area contributed by atoms with Crippen LogP contribution in [0.15, 0.2) is 18.2 Å². The van der Waals surface area contributed by atoms with E-state index in [-0.39, 0.29) is 6.04 Å². The molecule has 0 aliphatic rings. The molecule has 0 aliphatic carbocycles. The molecule has 0 bridgehead atoms. The van der Waals surface area contributed by atoms with E-state index in [1.165, 1.54) is 12.1 Å². The molecular weight excluding hydrogens is 240 g/mol. The Morgan fingerprint density at radius 3 is 2.41 bits per heavy atom. The van der Waals surface area contributed by atoms with Gasteiger partial charge in [-0.2, -0.15) is 11.8 Å². The zero-order valence-corrected chi connectivity index (χ0v) is 11.1. The summed E-state index contributed by atoms with van der Waals surface area (Å²) in [5.41, 5.74) is 0.713. The summed E-state index contributed by atoms with van der Waals surface area (Å²) in [7, 11) is 0. The average molecular weight is 259 g/mol. The summed E-state index contributed by atoms with van der Waals surface area (Å²) in [4.78, 5) is 0. The summed E-state index contributed by atoms with van der Waals surface area (Å²) in [5, 5.41) is 3.39. The molecule has 1 rings (SSSR count). The number of rotatable bonds is 7. The fourth-order valence-electron chi connectivity index (χ4n) is 1.75. The van der Waals surface area contributed by atoms with E-state index in [4.69, 9.17) is 0 Å². The van der Waals surface area contributed by atoms with Crippen LogP contribution < -0.4 is 5.32 Å². The third-order valence-electron chi connectivity index (χ3n) is 2.46. The highest BCUT2D eigenvalue weighted by molar-refractivity contribution is 7.98. The molecule has 1 nitrogen and oxygen atoms in total. The molecular formula is C13H19F2NS. The molecule has 1 atom stereocenters. The molecule has 96 valence electrons. The monoisotopic (exact) mass is 259 g/mol. The minimum atomic E-state index is -0.501. The van der Waals surface area contributed by atoms with E-state index in [9.17, 15) is 8.78 Å². The lowest BCUT2D eigenvalue weighted by Crippen LogP contribution is -2.34. The summed E-state index contributed by atoms with van der Waals surface area (Å²) in [6.07, 6.45) is 3.75. The largest absolute Gasteiger partial charge is 0.313 e. The van der Waals surface area contributed by atoms with Gasteiger partial charge in [0.1, 0.15) is 11.6 Å². The van der Waals surface area contributed by atoms with Crippen LogP contribution in [0.5, 0.6) is 0 Å². The molecule has 1 aromatic rings. The van der Waals surface area contributed by atoms with Gasteiger partial charge in [0.25, 0.3) is 0 Å². The first-order chi connectivity index (χ1) is 8.15. The first-order valence-corrected chi connectivity index (χ1v) is 7.22. The van der Waals surface area contributed by atoms with Crippen LogP contribution in [0.3, 0.4) is 0 Å². The van der Waals surface area contributed by atoms with Gasteiger partial charge >= 0.3 is 0 Å². The van der Waals surface area contributed by atoms with Crippen molar-refractivity contribution in [1.82, 2.24) is 5.32 Å². The number of hydrogen-bond acceptors (Lipinski definition) is 2. The first kappa shape index (κ1) is 14.5. The van der Waals surface area contributed by atoms with Crippen molar-refractivity contribution in [1.29, 1.82) is 0 Å². The Balaban J connectivity index is 2.63. The fraction of sp³-hybridized carbons (Fsp3) is 0.538. The van der Waals surface area contributed by atoms with Crippen molar-refractivity contribution >= 4 is 11.8 Å². The van der Waals surface area contributed by atoms with E-state index in [1.54, 1.807) is 11.8 Å². The zero-order chi connectivity index (χ0) is 12.7. The van der Waals surface area contributed by atoms with Gasteiger partial charge in [-0.3, -0.25) is 0 Å². The molecule has 4 heteroatoms. The minimum Gasteiger partial charge on any atom is -0.313 e. The molecule has 1 aromatic carbocycles. The predicted octanol–water partition coefficient (Wildman–Crippen LogP) is 3.24. The number of nitrogens with one attached hydrogen (secondary N) is 1. The summed E-state index contributed by atoms with van der Waals surface area (Å²) in [5.74, 6) is -0.0604. The standard InChI is InChI=1S/C13H19F2NS/c1-3-4-16-13(9-17-2)7-10-5-11(14)8-12(15)6-10/h5-6,8,13,16H,3-4,7,9H2,1-2H3. The molecule has 0 spiro atoms. The molecule has 0 amide bonds. The maximum atomic E-state index is 13.1. The Labute approximate surface area is 106 Å². The van der Waals surface area contributed by atoms with Gasteiger partial charge in [-0.1, -0.05) is 6.92 Å². The second-order valence-electron chi connectivity index (χ2n) is 4.09. The van der Waals surface area contributed by atoms with Gasteiger partial charge in [-0.15, -0.1) is 0 Å². The molecule has 0 saturated carbocycles. The second kappa shape index (κ2) is 7.67. The Kier molecular flexibility index (Phi) is 6.52. The summed E-state index contributed by atoms with van der Waals surface area (Å²) in [6.45, 7) is 3.04. The predicted molar refractivity (Wildman–Crippen MR) is 70.5 cm³/mol. The minimum absolute atomic E-state index is 0.270. The first-order valence-electron chi connectivity index (χ1n) is 5.83. The van der Waals surface area contributed by atoms with Gasteiger partial charge in [-0.25, -0.2) is 8.78 Å². The molecule has 0 radical (unpaired) electrons. The lowest BCUT2D eigenvalue weighted by atomic mass is 10.1. The summed E-state index contributed by atoms with van der Waals surface area (Å²) in [6, 6.07) is 3.99. The van der Waals surface area contributed by atoms with Crippen LogP contribution in [0, 0.1) is 11.6 Å². The SMILES string of the molecule is CCCNC(CSC)Cc1cc(F)cc(F)c1. The Morgan fingerprint density at radius 2 is 1.88 bits per heavy atom. The lowest BCUT2D eigenvalue weighted by Gasteiger charge is -2.17. The van der Waals surface area contributed by atoms with E-state index in [0.717, 1.165) is 24.8 Å². The number of hydrogen-bond donors (Lipinski definition) is 1. The van der Waals surface area contributed by atoms with Crippen molar-refractivity contribution in [2.45, 2.75) is 25.8 Å². The van der Waals surface area contributed by atoms with Gasteiger partial charge in [0.2, 0.25) is 0 Å². The third kappa shape index (κ3) is 5.50. The molecule has 0 aromatic heterocycles. The molecule has 17 heavy (non-hydrogen) atoms. The van der Waals surface area contributed by atoms with Crippen molar-refractivity contribution in [3.63, 3.8) is 0 Å². The number of halogens is 2. The molecule has 0 heterocycles. The van der Waals surface area contributed by atoms with Gasteiger partial charge in [-0.05, 0) is 43.3 Å². The average Bonchev–Trinajstić information content (AvgIpc) is 2.24.